The zero-order chi connectivity index (χ0) is 27.8. The average molecular weight is 547 g/mol. The lowest BCUT2D eigenvalue weighted by Gasteiger charge is -2.38. The van der Waals surface area contributed by atoms with Gasteiger partial charge >= 0.3 is 0 Å². The first-order chi connectivity index (χ1) is 18.9. The molecule has 0 aliphatic heterocycles. The van der Waals surface area contributed by atoms with Crippen molar-refractivity contribution in [2.45, 2.75) is 90.9 Å². The Hall–Kier alpha value is -2.50. The Morgan fingerprint density at radius 3 is 1.79 bits per heavy atom. The number of benzene rings is 2. The van der Waals surface area contributed by atoms with Crippen LogP contribution in [0.25, 0.3) is 11.1 Å². The highest BCUT2D eigenvalue weighted by Gasteiger charge is 2.31. The molecule has 0 spiro atoms. The molecule has 0 unspecified atom stereocenters. The van der Waals surface area contributed by atoms with Crippen LogP contribution in [0.15, 0.2) is 36.6 Å². The summed E-state index contributed by atoms with van der Waals surface area (Å²) in [5.74, 6) is -2.70. The number of hydrogen-bond donors (Lipinski definition) is 0. The molecule has 4 rings (SSSR count). The third kappa shape index (κ3) is 7.37. The van der Waals surface area contributed by atoms with Crippen molar-refractivity contribution in [2.75, 3.05) is 6.61 Å². The highest BCUT2D eigenvalue weighted by molar-refractivity contribution is 5.67. The fourth-order valence-corrected chi connectivity index (χ4v) is 6.49. The van der Waals surface area contributed by atoms with Crippen LogP contribution in [0, 0.1) is 46.9 Å². The molecule has 2 aliphatic carbocycles. The summed E-state index contributed by atoms with van der Waals surface area (Å²) < 4.78 is 69.5. The van der Waals surface area contributed by atoms with Crippen molar-refractivity contribution in [1.82, 2.24) is 0 Å². The number of unbranched alkanes of at least 4 members (excludes halogenated alkanes) is 2. The van der Waals surface area contributed by atoms with E-state index in [9.17, 15) is 17.6 Å². The Kier molecular flexibility index (Phi) is 10.8. The molecule has 0 heterocycles. The first-order valence-corrected chi connectivity index (χ1v) is 14.8. The van der Waals surface area contributed by atoms with E-state index in [-0.39, 0.29) is 22.6 Å². The predicted octanol–water partition coefficient (Wildman–Crippen LogP) is 10.4. The van der Waals surface area contributed by atoms with Crippen molar-refractivity contribution in [2.24, 2.45) is 23.7 Å². The monoisotopic (exact) mass is 546 g/mol. The highest BCUT2D eigenvalue weighted by Crippen LogP contribution is 2.43. The molecule has 0 radical (unpaired) electrons. The molecule has 2 nitrogen and oxygen atoms in total. The first kappa shape index (κ1) is 29.5. The number of halogens is 4. The molecule has 2 saturated carbocycles. The van der Waals surface area contributed by atoms with Crippen molar-refractivity contribution in [3.8, 4) is 22.6 Å². The fraction of sp³-hybridized carbons (Fsp3) is 0.576. The van der Waals surface area contributed by atoms with Crippen LogP contribution in [0.1, 0.15) is 90.9 Å². The van der Waals surface area contributed by atoms with Crippen LogP contribution >= 0.6 is 0 Å². The zero-order valence-electron chi connectivity index (χ0n) is 23.3. The average Bonchev–Trinajstić information content (AvgIpc) is 2.96. The van der Waals surface area contributed by atoms with E-state index in [1.807, 2.05) is 0 Å². The largest absolute Gasteiger partial charge is 0.490 e. The minimum Gasteiger partial charge on any atom is -0.490 e. The second-order valence-electron chi connectivity index (χ2n) is 11.4. The summed E-state index contributed by atoms with van der Waals surface area (Å²) in [6.45, 7) is 4.25. The maximum atomic E-state index is 14.9. The molecule has 0 saturated heterocycles. The van der Waals surface area contributed by atoms with Crippen molar-refractivity contribution < 1.29 is 27.0 Å². The smallest absolute Gasteiger partial charge is 0.201 e. The molecule has 39 heavy (non-hydrogen) atoms. The topological polar surface area (TPSA) is 18.5 Å². The lowest BCUT2D eigenvalue weighted by atomic mass is 9.69. The van der Waals surface area contributed by atoms with Crippen LogP contribution in [0.3, 0.4) is 0 Å². The standard InChI is InChI=1S/C33H42F4O2/c1-3-5-6-7-22-8-12-24(13-9-22)25-14-10-23(11-15-25)21-39-29-19-17-27(31(35)33(29)37)26-16-18-28(38-20-4-2)32(36)30(26)34/h4,16-20,22-25H,3,5-15,21H2,1-2H3/b20-4+. The maximum absolute atomic E-state index is 14.9. The van der Waals surface area contributed by atoms with E-state index in [2.05, 4.69) is 6.92 Å². The minimum atomic E-state index is -1.30. The Morgan fingerprint density at radius 1 is 0.692 bits per heavy atom. The van der Waals surface area contributed by atoms with Crippen LogP contribution in [-0.4, -0.2) is 6.61 Å². The van der Waals surface area contributed by atoms with Crippen LogP contribution < -0.4 is 9.47 Å². The predicted molar refractivity (Wildman–Crippen MR) is 148 cm³/mol. The number of hydrogen-bond acceptors (Lipinski definition) is 2. The van der Waals surface area contributed by atoms with E-state index in [4.69, 9.17) is 9.47 Å². The van der Waals surface area contributed by atoms with E-state index in [0.717, 1.165) is 30.6 Å². The van der Waals surface area contributed by atoms with E-state index < -0.39 is 23.3 Å². The van der Waals surface area contributed by atoms with Crippen LogP contribution in [0.4, 0.5) is 17.6 Å². The van der Waals surface area contributed by atoms with Gasteiger partial charge in [0.15, 0.2) is 23.1 Å². The van der Waals surface area contributed by atoms with Gasteiger partial charge in [-0.05, 0) is 93.4 Å². The van der Waals surface area contributed by atoms with Gasteiger partial charge in [0, 0.05) is 11.1 Å². The van der Waals surface area contributed by atoms with Gasteiger partial charge in [-0.2, -0.15) is 8.78 Å². The second-order valence-corrected chi connectivity index (χ2v) is 11.4. The van der Waals surface area contributed by atoms with E-state index >= 15 is 0 Å². The number of allylic oxidation sites excluding steroid dienone is 1. The summed E-state index contributed by atoms with van der Waals surface area (Å²) in [6, 6.07) is 4.88. The fourth-order valence-electron chi connectivity index (χ4n) is 6.49. The van der Waals surface area contributed by atoms with E-state index in [1.165, 1.54) is 101 Å². The zero-order valence-corrected chi connectivity index (χ0v) is 23.3. The van der Waals surface area contributed by atoms with Crippen molar-refractivity contribution in [3.05, 3.63) is 59.9 Å². The van der Waals surface area contributed by atoms with Gasteiger partial charge in [-0.3, -0.25) is 0 Å². The van der Waals surface area contributed by atoms with Gasteiger partial charge in [0.1, 0.15) is 0 Å². The highest BCUT2D eigenvalue weighted by atomic mass is 19.2. The molecule has 0 atom stereocenters. The van der Waals surface area contributed by atoms with Gasteiger partial charge in [-0.25, -0.2) is 8.78 Å². The normalized spacial score (nSPS) is 23.7. The molecule has 2 aromatic carbocycles. The van der Waals surface area contributed by atoms with Crippen molar-refractivity contribution in [1.29, 1.82) is 0 Å². The molecule has 0 bridgehead atoms. The van der Waals surface area contributed by atoms with Crippen molar-refractivity contribution in [3.63, 3.8) is 0 Å². The molecular formula is C33H42F4O2. The van der Waals surface area contributed by atoms with E-state index in [0.29, 0.717) is 12.5 Å². The van der Waals surface area contributed by atoms with Gasteiger partial charge in [-0.15, -0.1) is 0 Å². The molecule has 2 aromatic rings. The van der Waals surface area contributed by atoms with Gasteiger partial charge in [0.2, 0.25) is 11.6 Å². The summed E-state index contributed by atoms with van der Waals surface area (Å²) in [4.78, 5) is 0. The summed E-state index contributed by atoms with van der Waals surface area (Å²) in [7, 11) is 0. The van der Waals surface area contributed by atoms with Gasteiger partial charge < -0.3 is 9.47 Å². The maximum Gasteiger partial charge on any atom is 0.201 e. The minimum absolute atomic E-state index is 0.200. The summed E-state index contributed by atoms with van der Waals surface area (Å²) in [6.07, 6.45) is 18.0. The summed E-state index contributed by atoms with van der Waals surface area (Å²) in [5.41, 5.74) is -0.744. The molecule has 214 valence electrons. The Morgan fingerprint density at radius 2 is 1.23 bits per heavy atom. The first-order valence-electron chi connectivity index (χ1n) is 14.8. The third-order valence-electron chi connectivity index (χ3n) is 8.85. The van der Waals surface area contributed by atoms with E-state index in [1.54, 1.807) is 6.92 Å². The van der Waals surface area contributed by atoms with Crippen molar-refractivity contribution >= 4 is 0 Å². The van der Waals surface area contributed by atoms with Gasteiger partial charge in [0.25, 0.3) is 0 Å². The molecule has 0 N–H and O–H groups in total. The lowest BCUT2D eigenvalue weighted by molar-refractivity contribution is 0.120. The third-order valence-corrected chi connectivity index (χ3v) is 8.85. The summed E-state index contributed by atoms with van der Waals surface area (Å²) >= 11 is 0. The molecule has 6 heteroatoms. The van der Waals surface area contributed by atoms with Gasteiger partial charge in [-0.1, -0.05) is 51.5 Å². The van der Waals surface area contributed by atoms with Crippen LogP contribution in [0.2, 0.25) is 0 Å². The second kappa shape index (κ2) is 14.2. The Balaban J connectivity index is 1.28. The Labute approximate surface area is 230 Å². The Bertz CT molecular complexity index is 1100. The quantitative estimate of drug-likeness (QED) is 0.159. The lowest BCUT2D eigenvalue weighted by Crippen LogP contribution is -2.27. The van der Waals surface area contributed by atoms with Gasteiger partial charge in [0.05, 0.1) is 12.9 Å². The molecular weight excluding hydrogens is 504 g/mol. The number of ether oxygens (including phenoxy) is 2. The SMILES string of the molecule is C/C=C/Oc1ccc(-c2ccc(OCC3CCC(C4CCC(CCCCC)CC4)CC3)c(F)c2F)c(F)c1F. The van der Waals surface area contributed by atoms with Crippen LogP contribution in [0.5, 0.6) is 11.5 Å². The molecule has 0 amide bonds. The summed E-state index contributed by atoms with van der Waals surface area (Å²) in [5, 5.41) is 0. The molecule has 2 fully saturated rings. The number of rotatable bonds is 11. The van der Waals surface area contributed by atoms with Crippen LogP contribution in [-0.2, 0) is 0 Å². The molecule has 0 aromatic heterocycles. The molecule has 2 aliphatic rings.